The molecule has 1 rings (SSSR count). The van der Waals surface area contributed by atoms with Crippen LogP contribution in [0.4, 0.5) is 0 Å². The minimum Gasteiger partial charge on any atom is -0.469 e. The summed E-state index contributed by atoms with van der Waals surface area (Å²) >= 11 is 0. The van der Waals surface area contributed by atoms with E-state index in [-0.39, 0.29) is 31.0 Å². The van der Waals surface area contributed by atoms with Crippen LogP contribution in [0.25, 0.3) is 0 Å². The van der Waals surface area contributed by atoms with Crippen LogP contribution >= 0.6 is 0 Å². The van der Waals surface area contributed by atoms with Crippen LogP contribution in [0.1, 0.15) is 23.4 Å². The number of carbonyl (C=O) groups is 2. The van der Waals surface area contributed by atoms with Crippen LogP contribution in [0, 0.1) is 5.92 Å². The van der Waals surface area contributed by atoms with Gasteiger partial charge in [0.1, 0.15) is 0 Å². The quantitative estimate of drug-likeness (QED) is 0.579. The van der Waals surface area contributed by atoms with Crippen molar-refractivity contribution in [3.63, 3.8) is 0 Å². The molecule has 1 atom stereocenters. The molecule has 0 saturated carbocycles. The molecule has 0 saturated heterocycles. The van der Waals surface area contributed by atoms with Gasteiger partial charge in [0.15, 0.2) is 11.5 Å². The SMILES string of the molecule is COC(=O)[C@H](CCO)CC(=O)c1ccco1. The van der Waals surface area contributed by atoms with E-state index in [1.807, 2.05) is 0 Å². The van der Waals surface area contributed by atoms with Crippen molar-refractivity contribution < 1.29 is 23.8 Å². The van der Waals surface area contributed by atoms with Gasteiger partial charge in [0.05, 0.1) is 19.3 Å². The number of ether oxygens (including phenoxy) is 1. The number of hydrogen-bond donors (Lipinski definition) is 1. The van der Waals surface area contributed by atoms with Crippen molar-refractivity contribution in [3.05, 3.63) is 24.2 Å². The highest BCUT2D eigenvalue weighted by atomic mass is 16.5. The third-order valence-corrected chi connectivity index (χ3v) is 2.24. The molecule has 0 radical (unpaired) electrons. The summed E-state index contributed by atoms with van der Waals surface area (Å²) in [4.78, 5) is 22.9. The molecular formula is C11H14O5. The summed E-state index contributed by atoms with van der Waals surface area (Å²) in [6, 6.07) is 3.14. The molecule has 5 heteroatoms. The fraction of sp³-hybridized carbons (Fsp3) is 0.455. The second-order valence-electron chi connectivity index (χ2n) is 3.34. The molecule has 16 heavy (non-hydrogen) atoms. The van der Waals surface area contributed by atoms with Crippen molar-refractivity contribution in [3.8, 4) is 0 Å². The first-order valence-electron chi connectivity index (χ1n) is 4.94. The standard InChI is InChI=1S/C11H14O5/c1-15-11(14)8(4-5-12)7-9(13)10-3-2-6-16-10/h2-3,6,8,12H,4-5,7H2,1H3/t8-/m1/s1. The monoisotopic (exact) mass is 226 g/mol. The Bertz CT molecular complexity index is 341. The lowest BCUT2D eigenvalue weighted by Gasteiger charge is -2.11. The number of furan rings is 1. The second kappa shape index (κ2) is 6.07. The van der Waals surface area contributed by atoms with Gasteiger partial charge in [-0.3, -0.25) is 9.59 Å². The average molecular weight is 226 g/mol. The number of methoxy groups -OCH3 is 1. The fourth-order valence-electron chi connectivity index (χ4n) is 1.39. The van der Waals surface area contributed by atoms with Gasteiger partial charge in [0.25, 0.3) is 0 Å². The summed E-state index contributed by atoms with van der Waals surface area (Å²) in [6.45, 7) is -0.162. The second-order valence-corrected chi connectivity index (χ2v) is 3.34. The maximum atomic E-state index is 11.6. The van der Waals surface area contributed by atoms with Crippen molar-refractivity contribution in [2.24, 2.45) is 5.92 Å². The third kappa shape index (κ3) is 3.20. The molecule has 5 nitrogen and oxygen atoms in total. The number of aliphatic hydroxyl groups excluding tert-OH is 1. The maximum absolute atomic E-state index is 11.6. The number of Topliss-reactive ketones (excluding diaryl/α,β-unsaturated/α-hetero) is 1. The van der Waals surface area contributed by atoms with E-state index in [0.29, 0.717) is 0 Å². The lowest BCUT2D eigenvalue weighted by Crippen LogP contribution is -2.21. The summed E-state index contributed by atoms with van der Waals surface area (Å²) in [6.07, 6.45) is 1.59. The third-order valence-electron chi connectivity index (χ3n) is 2.24. The predicted molar refractivity (Wildman–Crippen MR) is 54.9 cm³/mol. The Hall–Kier alpha value is -1.62. The summed E-state index contributed by atoms with van der Waals surface area (Å²) in [5.41, 5.74) is 0. The van der Waals surface area contributed by atoms with Crippen molar-refractivity contribution in [2.75, 3.05) is 13.7 Å². The van der Waals surface area contributed by atoms with Gasteiger partial charge in [-0.25, -0.2) is 0 Å². The Kier molecular flexibility index (Phi) is 4.72. The van der Waals surface area contributed by atoms with E-state index in [0.717, 1.165) is 0 Å². The van der Waals surface area contributed by atoms with Crippen molar-refractivity contribution in [2.45, 2.75) is 12.8 Å². The van der Waals surface area contributed by atoms with Gasteiger partial charge in [-0.1, -0.05) is 0 Å². The predicted octanol–water partition coefficient (Wildman–Crippen LogP) is 1.02. The number of rotatable bonds is 6. The van der Waals surface area contributed by atoms with E-state index >= 15 is 0 Å². The summed E-state index contributed by atoms with van der Waals surface area (Å²) < 4.78 is 9.47. The smallest absolute Gasteiger partial charge is 0.309 e. The van der Waals surface area contributed by atoms with Crippen LogP contribution in [0.2, 0.25) is 0 Å². The lowest BCUT2D eigenvalue weighted by molar-refractivity contribution is -0.145. The van der Waals surface area contributed by atoms with Gasteiger partial charge in [-0.2, -0.15) is 0 Å². The Morgan fingerprint density at radius 2 is 2.31 bits per heavy atom. The van der Waals surface area contributed by atoms with Crippen LogP contribution in [0.3, 0.4) is 0 Å². The van der Waals surface area contributed by atoms with E-state index in [9.17, 15) is 9.59 Å². The van der Waals surface area contributed by atoms with Gasteiger partial charge in [-0.15, -0.1) is 0 Å². The molecule has 0 aliphatic carbocycles. The van der Waals surface area contributed by atoms with Crippen molar-refractivity contribution in [1.82, 2.24) is 0 Å². The average Bonchev–Trinajstić information content (AvgIpc) is 2.80. The van der Waals surface area contributed by atoms with Crippen LogP contribution in [-0.2, 0) is 9.53 Å². The van der Waals surface area contributed by atoms with Gasteiger partial charge in [0.2, 0.25) is 0 Å². The van der Waals surface area contributed by atoms with E-state index in [4.69, 9.17) is 9.52 Å². The van der Waals surface area contributed by atoms with Gasteiger partial charge in [0, 0.05) is 13.0 Å². The maximum Gasteiger partial charge on any atom is 0.309 e. The molecule has 0 aliphatic heterocycles. The molecule has 0 aromatic carbocycles. The molecule has 0 spiro atoms. The van der Waals surface area contributed by atoms with E-state index in [1.165, 1.54) is 19.4 Å². The van der Waals surface area contributed by atoms with E-state index < -0.39 is 11.9 Å². The molecule has 0 aliphatic rings. The van der Waals surface area contributed by atoms with Crippen molar-refractivity contribution >= 4 is 11.8 Å². The zero-order valence-electron chi connectivity index (χ0n) is 9.01. The Labute approximate surface area is 93.0 Å². The van der Waals surface area contributed by atoms with Crippen LogP contribution in [0.5, 0.6) is 0 Å². The molecule has 0 fully saturated rings. The molecule has 1 N–H and O–H groups in total. The minimum atomic E-state index is -0.618. The molecule has 1 aromatic rings. The molecule has 0 bridgehead atoms. The summed E-state index contributed by atoms with van der Waals surface area (Å²) in [7, 11) is 1.25. The normalized spacial score (nSPS) is 12.1. The summed E-state index contributed by atoms with van der Waals surface area (Å²) in [5.74, 6) is -1.16. The van der Waals surface area contributed by atoms with Crippen LogP contribution < -0.4 is 0 Å². The van der Waals surface area contributed by atoms with Gasteiger partial charge < -0.3 is 14.3 Å². The van der Waals surface area contributed by atoms with Crippen molar-refractivity contribution in [1.29, 1.82) is 0 Å². The zero-order chi connectivity index (χ0) is 12.0. The Balaban J connectivity index is 2.61. The molecule has 88 valence electrons. The van der Waals surface area contributed by atoms with Crippen LogP contribution in [0.15, 0.2) is 22.8 Å². The molecule has 0 unspecified atom stereocenters. The van der Waals surface area contributed by atoms with Crippen LogP contribution in [-0.4, -0.2) is 30.6 Å². The highest BCUT2D eigenvalue weighted by Crippen LogP contribution is 2.15. The Morgan fingerprint density at radius 3 is 2.81 bits per heavy atom. The molecule has 1 aromatic heterocycles. The number of carbonyl (C=O) groups excluding carboxylic acids is 2. The Morgan fingerprint density at radius 1 is 1.56 bits per heavy atom. The first-order chi connectivity index (χ1) is 7.69. The first-order valence-corrected chi connectivity index (χ1v) is 4.94. The number of ketones is 1. The van der Waals surface area contributed by atoms with Gasteiger partial charge >= 0.3 is 5.97 Å². The minimum absolute atomic E-state index is 0.0131. The zero-order valence-corrected chi connectivity index (χ0v) is 9.01. The lowest BCUT2D eigenvalue weighted by atomic mass is 9.98. The number of aliphatic hydroxyl groups is 1. The first kappa shape index (κ1) is 12.4. The highest BCUT2D eigenvalue weighted by molar-refractivity contribution is 5.95. The number of hydrogen-bond acceptors (Lipinski definition) is 5. The molecular weight excluding hydrogens is 212 g/mol. The fourth-order valence-corrected chi connectivity index (χ4v) is 1.39. The largest absolute Gasteiger partial charge is 0.469 e. The molecule has 0 amide bonds. The number of esters is 1. The highest BCUT2D eigenvalue weighted by Gasteiger charge is 2.23. The topological polar surface area (TPSA) is 76.7 Å². The van der Waals surface area contributed by atoms with E-state index in [1.54, 1.807) is 6.07 Å². The van der Waals surface area contributed by atoms with E-state index in [2.05, 4.69) is 4.74 Å². The summed E-state index contributed by atoms with van der Waals surface area (Å²) in [5, 5.41) is 8.78. The molecule has 1 heterocycles. The van der Waals surface area contributed by atoms with Gasteiger partial charge in [-0.05, 0) is 18.6 Å².